The van der Waals surface area contributed by atoms with Crippen LogP contribution in [0.25, 0.3) is 11.3 Å². The number of rotatable bonds is 4. The van der Waals surface area contributed by atoms with Gasteiger partial charge in [0.1, 0.15) is 0 Å². The van der Waals surface area contributed by atoms with Gasteiger partial charge in [-0.25, -0.2) is 0 Å². The smallest absolute Gasteiger partial charge is 0.290 e. The number of H-pyrrole nitrogens is 1. The Morgan fingerprint density at radius 3 is 2.62 bits per heavy atom. The van der Waals surface area contributed by atoms with Crippen molar-refractivity contribution in [2.75, 3.05) is 18.8 Å². The quantitative estimate of drug-likeness (QED) is 0.803. The van der Waals surface area contributed by atoms with Gasteiger partial charge in [0.25, 0.3) is 6.47 Å². The van der Waals surface area contributed by atoms with E-state index >= 15 is 0 Å². The summed E-state index contributed by atoms with van der Waals surface area (Å²) in [5.41, 5.74) is 4.62. The topological polar surface area (TPSA) is 86.3 Å². The van der Waals surface area contributed by atoms with Gasteiger partial charge in [0.05, 0.1) is 11.4 Å². The molecule has 0 saturated heterocycles. The minimum atomic E-state index is -0.250. The van der Waals surface area contributed by atoms with Crippen molar-refractivity contribution < 1.29 is 14.7 Å². The molecule has 1 aromatic carbocycles. The number of aromatic amines is 1. The van der Waals surface area contributed by atoms with Gasteiger partial charge >= 0.3 is 0 Å². The Hall–Kier alpha value is -2.28. The summed E-state index contributed by atoms with van der Waals surface area (Å²) in [4.78, 5) is 22.7. The third-order valence-electron chi connectivity index (χ3n) is 4.16. The van der Waals surface area contributed by atoms with E-state index in [1.54, 1.807) is 11.8 Å². The first-order chi connectivity index (χ1) is 12.6. The highest BCUT2D eigenvalue weighted by Crippen LogP contribution is 2.26. The Morgan fingerprint density at radius 1 is 1.31 bits per heavy atom. The number of amides is 1. The highest BCUT2D eigenvalue weighted by atomic mass is 32.2. The van der Waals surface area contributed by atoms with Gasteiger partial charge in [-0.3, -0.25) is 14.7 Å². The predicted molar refractivity (Wildman–Crippen MR) is 104 cm³/mol. The molecule has 1 amide bonds. The van der Waals surface area contributed by atoms with Crippen molar-refractivity contribution in [2.45, 2.75) is 31.9 Å². The molecule has 2 aromatic rings. The van der Waals surface area contributed by atoms with Crippen LogP contribution in [0, 0.1) is 0 Å². The van der Waals surface area contributed by atoms with Crippen LogP contribution in [0.4, 0.5) is 0 Å². The Balaban J connectivity index is 0.000000758. The number of benzene rings is 1. The van der Waals surface area contributed by atoms with Crippen LogP contribution in [0.5, 0.6) is 0 Å². The summed E-state index contributed by atoms with van der Waals surface area (Å²) in [6.45, 7) is 5.57. The van der Waals surface area contributed by atoms with E-state index in [4.69, 9.17) is 9.90 Å². The van der Waals surface area contributed by atoms with Crippen molar-refractivity contribution >= 4 is 24.1 Å². The number of fused-ring (bicyclic) bond motifs is 1. The molecule has 1 aliphatic heterocycles. The second-order valence-electron chi connectivity index (χ2n) is 6.24. The Morgan fingerprint density at radius 2 is 1.96 bits per heavy atom. The summed E-state index contributed by atoms with van der Waals surface area (Å²) < 4.78 is 0. The highest BCUT2D eigenvalue weighted by molar-refractivity contribution is 8.00. The molecule has 26 heavy (non-hydrogen) atoms. The third-order valence-corrected chi connectivity index (χ3v) is 5.24. The summed E-state index contributed by atoms with van der Waals surface area (Å²) in [6.07, 6.45) is 1.72. The predicted octanol–water partition coefficient (Wildman–Crippen LogP) is 2.85. The van der Waals surface area contributed by atoms with E-state index in [0.717, 1.165) is 37.2 Å². The molecule has 3 rings (SSSR count). The second-order valence-corrected chi connectivity index (χ2v) is 7.81. The fourth-order valence-electron chi connectivity index (χ4n) is 2.90. The zero-order chi connectivity index (χ0) is 18.9. The molecule has 2 heterocycles. The monoisotopic (exact) mass is 375 g/mol. The fourth-order valence-corrected chi connectivity index (χ4v) is 3.55. The Labute approximate surface area is 158 Å². The van der Waals surface area contributed by atoms with Gasteiger partial charge in [-0.2, -0.15) is 5.10 Å². The lowest BCUT2D eigenvalue weighted by Crippen LogP contribution is -2.35. The highest BCUT2D eigenvalue weighted by Gasteiger charge is 2.22. The number of aromatic nitrogens is 2. The van der Waals surface area contributed by atoms with Crippen LogP contribution in [0.15, 0.2) is 30.3 Å². The van der Waals surface area contributed by atoms with Crippen molar-refractivity contribution in [2.24, 2.45) is 0 Å². The maximum absolute atomic E-state index is 12.4. The molecule has 2 N–H and O–H groups in total. The van der Waals surface area contributed by atoms with Crippen molar-refractivity contribution in [3.8, 4) is 11.3 Å². The average Bonchev–Trinajstić information content (AvgIpc) is 2.92. The lowest BCUT2D eigenvalue weighted by molar-refractivity contribution is -0.128. The van der Waals surface area contributed by atoms with Crippen LogP contribution in [0.1, 0.15) is 25.1 Å². The Bertz CT molecular complexity index is 716. The minimum absolute atomic E-state index is 0.250. The van der Waals surface area contributed by atoms with Crippen LogP contribution >= 0.6 is 11.8 Å². The maximum atomic E-state index is 12.4. The maximum Gasteiger partial charge on any atom is 0.290 e. The first-order valence-electron chi connectivity index (χ1n) is 8.65. The molecule has 1 aliphatic rings. The molecular weight excluding hydrogens is 350 g/mol. The van der Waals surface area contributed by atoms with Crippen LogP contribution in [-0.2, 0) is 22.4 Å². The van der Waals surface area contributed by atoms with Crippen LogP contribution in [-0.4, -0.2) is 56.7 Å². The minimum Gasteiger partial charge on any atom is -0.483 e. The molecule has 0 atom stereocenters. The summed E-state index contributed by atoms with van der Waals surface area (Å²) in [5, 5.41) is 15.1. The van der Waals surface area contributed by atoms with Crippen LogP contribution < -0.4 is 0 Å². The normalized spacial score (nSPS) is 13.4. The largest absolute Gasteiger partial charge is 0.483 e. The summed E-state index contributed by atoms with van der Waals surface area (Å²) in [6, 6.07) is 10.3. The second kappa shape index (κ2) is 10.0. The molecule has 140 valence electrons. The van der Waals surface area contributed by atoms with Gasteiger partial charge in [0.2, 0.25) is 5.91 Å². The van der Waals surface area contributed by atoms with Crippen LogP contribution in [0.3, 0.4) is 0 Å². The van der Waals surface area contributed by atoms with E-state index in [1.165, 1.54) is 11.3 Å². The van der Waals surface area contributed by atoms with Gasteiger partial charge in [0.15, 0.2) is 0 Å². The lowest BCUT2D eigenvalue weighted by Gasteiger charge is -2.20. The van der Waals surface area contributed by atoms with E-state index in [1.807, 2.05) is 23.1 Å². The molecular formula is C19H25N3O3S. The summed E-state index contributed by atoms with van der Waals surface area (Å²) in [5.74, 6) is 0.832. The zero-order valence-corrected chi connectivity index (χ0v) is 16.0. The van der Waals surface area contributed by atoms with Crippen molar-refractivity contribution in [1.29, 1.82) is 0 Å². The number of hydrogen-bond donors (Lipinski definition) is 2. The standard InChI is InChI=1S/C18H23N3OS.CH2O2/c1-13(2)23-12-17(22)21-10-8-15-16(9-11-21)19-20-18(15)14-6-4-3-5-7-14;2-1-3/h3-7,13H,8-12H2,1-2H3,(H,19,20);1H,(H,2,3). The molecule has 7 heteroatoms. The molecule has 0 fully saturated rings. The van der Waals surface area contributed by atoms with Gasteiger partial charge in [-0.1, -0.05) is 44.2 Å². The number of carbonyl (C=O) groups excluding carboxylic acids is 1. The number of carboxylic acid groups (broad SMARTS) is 1. The van der Waals surface area contributed by atoms with E-state index in [0.29, 0.717) is 11.0 Å². The van der Waals surface area contributed by atoms with Gasteiger partial charge in [-0.15, -0.1) is 11.8 Å². The fraction of sp³-hybridized carbons (Fsp3) is 0.421. The third kappa shape index (κ3) is 5.36. The summed E-state index contributed by atoms with van der Waals surface area (Å²) in [7, 11) is 0. The number of carbonyl (C=O) groups is 2. The molecule has 0 bridgehead atoms. The zero-order valence-electron chi connectivity index (χ0n) is 15.1. The lowest BCUT2D eigenvalue weighted by atomic mass is 10.0. The molecule has 0 unspecified atom stereocenters. The molecule has 0 saturated carbocycles. The van der Waals surface area contributed by atoms with E-state index in [-0.39, 0.29) is 12.4 Å². The number of nitrogens with zero attached hydrogens (tertiary/aromatic N) is 2. The van der Waals surface area contributed by atoms with Crippen molar-refractivity contribution in [3.63, 3.8) is 0 Å². The first-order valence-corrected chi connectivity index (χ1v) is 9.70. The van der Waals surface area contributed by atoms with E-state index in [2.05, 4.69) is 36.2 Å². The number of thioether (sulfide) groups is 1. The Kier molecular flexibility index (Phi) is 7.72. The first kappa shape index (κ1) is 20.0. The molecule has 6 nitrogen and oxygen atoms in total. The van der Waals surface area contributed by atoms with E-state index < -0.39 is 0 Å². The van der Waals surface area contributed by atoms with Crippen molar-refractivity contribution in [1.82, 2.24) is 15.1 Å². The number of nitrogens with one attached hydrogen (secondary N) is 1. The molecule has 0 aliphatic carbocycles. The number of hydrogen-bond acceptors (Lipinski definition) is 4. The van der Waals surface area contributed by atoms with Gasteiger partial charge < -0.3 is 10.0 Å². The SMILES string of the molecule is CC(C)SCC(=O)N1CCc2[nH]nc(-c3ccccc3)c2CC1.O=CO. The average molecular weight is 375 g/mol. The van der Waals surface area contributed by atoms with E-state index in [9.17, 15) is 4.79 Å². The van der Waals surface area contributed by atoms with Crippen LogP contribution in [0.2, 0.25) is 0 Å². The summed E-state index contributed by atoms with van der Waals surface area (Å²) >= 11 is 1.71. The van der Waals surface area contributed by atoms with Gasteiger partial charge in [-0.05, 0) is 11.7 Å². The molecule has 0 radical (unpaired) electrons. The molecule has 1 aromatic heterocycles. The van der Waals surface area contributed by atoms with Crippen molar-refractivity contribution in [3.05, 3.63) is 41.6 Å². The molecule has 0 spiro atoms. The van der Waals surface area contributed by atoms with Gasteiger partial charge in [0, 0.05) is 36.3 Å².